The van der Waals surface area contributed by atoms with E-state index in [9.17, 15) is 4.79 Å². The second kappa shape index (κ2) is 8.25. The van der Waals surface area contributed by atoms with Gasteiger partial charge in [-0.25, -0.2) is 9.67 Å². The fourth-order valence-electron chi connectivity index (χ4n) is 2.72. The number of carbonyl (C=O) groups is 1. The lowest BCUT2D eigenvalue weighted by molar-refractivity contribution is -0.116. The average Bonchev–Trinajstić information content (AvgIpc) is 3.17. The molecule has 132 valence electrons. The van der Waals surface area contributed by atoms with Crippen molar-refractivity contribution in [1.29, 1.82) is 0 Å². The number of amides is 1. The molecule has 0 fully saturated rings. The lowest BCUT2D eigenvalue weighted by Gasteiger charge is -2.10. The van der Waals surface area contributed by atoms with Crippen LogP contribution >= 0.6 is 11.3 Å². The van der Waals surface area contributed by atoms with Crippen molar-refractivity contribution in [2.24, 2.45) is 5.92 Å². The molecule has 3 aromatic rings. The summed E-state index contributed by atoms with van der Waals surface area (Å²) < 4.78 is 3.08. The zero-order valence-electron chi connectivity index (χ0n) is 14.7. The topological polar surface area (TPSA) is 59.8 Å². The fraction of sp³-hybridized carbons (Fsp3) is 0.421. The number of hydrogen-bond donors (Lipinski definition) is 1. The smallest absolute Gasteiger partial charge is 0.225 e. The van der Waals surface area contributed by atoms with Gasteiger partial charge in [0.25, 0.3) is 0 Å². The number of nitrogens with zero attached hydrogens (tertiary/aromatic N) is 3. The maximum absolute atomic E-state index is 12.1. The minimum atomic E-state index is 0.0507. The van der Waals surface area contributed by atoms with E-state index in [0.29, 0.717) is 12.3 Å². The number of fused-ring (bicyclic) bond motifs is 1. The van der Waals surface area contributed by atoms with Gasteiger partial charge < -0.3 is 5.32 Å². The highest BCUT2D eigenvalue weighted by molar-refractivity contribution is 7.18. The van der Waals surface area contributed by atoms with Gasteiger partial charge in [0.05, 0.1) is 21.4 Å². The van der Waals surface area contributed by atoms with Crippen LogP contribution in [0.5, 0.6) is 0 Å². The van der Waals surface area contributed by atoms with Crippen LogP contribution in [0, 0.1) is 5.92 Å². The maximum Gasteiger partial charge on any atom is 0.225 e. The third-order valence-electron chi connectivity index (χ3n) is 3.90. The second-order valence-electron chi connectivity index (χ2n) is 6.62. The van der Waals surface area contributed by atoms with Crippen LogP contribution in [-0.2, 0) is 17.8 Å². The lowest BCUT2D eigenvalue weighted by atomic mass is 10.2. The molecule has 0 atom stereocenters. The van der Waals surface area contributed by atoms with Crippen molar-refractivity contribution in [2.45, 2.75) is 46.1 Å². The Hall–Kier alpha value is -2.21. The van der Waals surface area contributed by atoms with E-state index in [1.807, 2.05) is 28.9 Å². The Kier molecular flexibility index (Phi) is 5.81. The fourth-order valence-corrected chi connectivity index (χ4v) is 3.73. The lowest BCUT2D eigenvalue weighted by Crippen LogP contribution is -2.16. The summed E-state index contributed by atoms with van der Waals surface area (Å²) in [5, 5.41) is 8.38. The summed E-state index contributed by atoms with van der Waals surface area (Å²) in [7, 11) is 0. The molecular formula is C19H24N4OS. The van der Waals surface area contributed by atoms with E-state index in [1.54, 1.807) is 17.5 Å². The van der Waals surface area contributed by atoms with Crippen LogP contribution in [0.2, 0.25) is 0 Å². The first-order valence-electron chi connectivity index (χ1n) is 8.78. The maximum atomic E-state index is 12.1. The SMILES string of the molecule is CC(C)Cn1nccc1NC(=O)CCCCc1nc2ccccc2s1. The predicted octanol–water partition coefficient (Wildman–Crippen LogP) is 4.50. The van der Waals surface area contributed by atoms with Crippen LogP contribution < -0.4 is 5.32 Å². The first-order chi connectivity index (χ1) is 12.1. The summed E-state index contributed by atoms with van der Waals surface area (Å²) in [6.07, 6.45) is 5.01. The van der Waals surface area contributed by atoms with Crippen molar-refractivity contribution >= 4 is 33.3 Å². The normalized spacial score (nSPS) is 11.3. The van der Waals surface area contributed by atoms with E-state index in [0.717, 1.165) is 42.1 Å². The van der Waals surface area contributed by atoms with Crippen molar-refractivity contribution in [2.75, 3.05) is 5.32 Å². The molecule has 1 aromatic carbocycles. The quantitative estimate of drug-likeness (QED) is 0.605. The number of benzene rings is 1. The molecular weight excluding hydrogens is 332 g/mol. The van der Waals surface area contributed by atoms with Gasteiger partial charge in [-0.15, -0.1) is 11.3 Å². The molecule has 25 heavy (non-hydrogen) atoms. The van der Waals surface area contributed by atoms with Gasteiger partial charge in [0.1, 0.15) is 5.82 Å². The molecule has 1 amide bonds. The standard InChI is InChI=1S/C19H24N4OS/c1-14(2)13-23-17(11-12-20-23)22-18(24)9-5-6-10-19-21-15-7-3-4-8-16(15)25-19/h3-4,7-8,11-12,14H,5-6,9-10,13H2,1-2H3,(H,22,24). The van der Waals surface area contributed by atoms with Gasteiger partial charge in [0.15, 0.2) is 0 Å². The number of rotatable bonds is 8. The molecule has 2 aromatic heterocycles. The molecule has 0 unspecified atom stereocenters. The van der Waals surface area contributed by atoms with Crippen LogP contribution in [0.4, 0.5) is 5.82 Å². The van der Waals surface area contributed by atoms with Gasteiger partial charge in [-0.2, -0.15) is 5.10 Å². The molecule has 0 aliphatic carbocycles. The number of aromatic nitrogens is 3. The van der Waals surface area contributed by atoms with Crippen molar-refractivity contribution in [1.82, 2.24) is 14.8 Å². The average molecular weight is 356 g/mol. The number of carbonyl (C=O) groups excluding carboxylic acids is 1. The van der Waals surface area contributed by atoms with E-state index in [4.69, 9.17) is 0 Å². The monoisotopic (exact) mass is 356 g/mol. The first-order valence-corrected chi connectivity index (χ1v) is 9.59. The highest BCUT2D eigenvalue weighted by Crippen LogP contribution is 2.23. The molecule has 1 N–H and O–H groups in total. The summed E-state index contributed by atoms with van der Waals surface area (Å²) in [5.41, 5.74) is 1.07. The number of hydrogen-bond acceptors (Lipinski definition) is 4. The molecule has 6 heteroatoms. The molecule has 0 aliphatic heterocycles. The van der Waals surface area contributed by atoms with Crippen molar-refractivity contribution in [3.8, 4) is 0 Å². The van der Waals surface area contributed by atoms with Gasteiger partial charge in [0.2, 0.25) is 5.91 Å². The Morgan fingerprint density at radius 1 is 1.24 bits per heavy atom. The predicted molar refractivity (Wildman–Crippen MR) is 103 cm³/mol. The first kappa shape index (κ1) is 17.6. The van der Waals surface area contributed by atoms with Gasteiger partial charge in [-0.3, -0.25) is 4.79 Å². The zero-order valence-corrected chi connectivity index (χ0v) is 15.6. The van der Waals surface area contributed by atoms with Gasteiger partial charge >= 0.3 is 0 Å². The van der Waals surface area contributed by atoms with E-state index in [-0.39, 0.29) is 5.91 Å². The molecule has 2 heterocycles. The highest BCUT2D eigenvalue weighted by atomic mass is 32.1. The van der Waals surface area contributed by atoms with E-state index >= 15 is 0 Å². The highest BCUT2D eigenvalue weighted by Gasteiger charge is 2.09. The van der Waals surface area contributed by atoms with Crippen LogP contribution in [0.1, 0.15) is 38.1 Å². The summed E-state index contributed by atoms with van der Waals surface area (Å²) >= 11 is 1.74. The van der Waals surface area contributed by atoms with Crippen LogP contribution in [0.15, 0.2) is 36.5 Å². The molecule has 0 bridgehead atoms. The Labute approximate surface area is 152 Å². The van der Waals surface area contributed by atoms with Crippen LogP contribution in [-0.4, -0.2) is 20.7 Å². The molecule has 0 saturated heterocycles. The van der Waals surface area contributed by atoms with Crippen molar-refractivity contribution in [3.63, 3.8) is 0 Å². The van der Waals surface area contributed by atoms with Crippen LogP contribution in [0.25, 0.3) is 10.2 Å². The van der Waals surface area contributed by atoms with Crippen LogP contribution in [0.3, 0.4) is 0 Å². The number of unbranched alkanes of at least 4 members (excludes halogenated alkanes) is 1. The van der Waals surface area contributed by atoms with E-state index < -0.39 is 0 Å². The Bertz CT molecular complexity index is 804. The summed E-state index contributed by atoms with van der Waals surface area (Å²) in [5.74, 6) is 1.32. The van der Waals surface area contributed by atoms with E-state index in [2.05, 4.69) is 35.3 Å². The molecule has 3 rings (SSSR count). The minimum Gasteiger partial charge on any atom is -0.311 e. The number of nitrogens with one attached hydrogen (secondary N) is 1. The summed E-state index contributed by atoms with van der Waals surface area (Å²) in [6.45, 7) is 5.07. The molecule has 0 saturated carbocycles. The summed E-state index contributed by atoms with van der Waals surface area (Å²) in [4.78, 5) is 16.8. The number of para-hydroxylation sites is 1. The molecule has 0 aliphatic rings. The third kappa shape index (κ3) is 4.89. The largest absolute Gasteiger partial charge is 0.311 e. The number of thiazole rings is 1. The van der Waals surface area contributed by atoms with E-state index in [1.165, 1.54) is 4.70 Å². The Morgan fingerprint density at radius 3 is 2.88 bits per heavy atom. The van der Waals surface area contributed by atoms with Gasteiger partial charge in [-0.05, 0) is 37.3 Å². The molecule has 0 radical (unpaired) electrons. The second-order valence-corrected chi connectivity index (χ2v) is 7.74. The van der Waals surface area contributed by atoms with Crippen molar-refractivity contribution in [3.05, 3.63) is 41.5 Å². The number of aryl methyl sites for hydroxylation is 1. The summed E-state index contributed by atoms with van der Waals surface area (Å²) in [6, 6.07) is 10.0. The zero-order chi connectivity index (χ0) is 17.6. The Balaban J connectivity index is 1.43. The third-order valence-corrected chi connectivity index (χ3v) is 5.00. The van der Waals surface area contributed by atoms with Gasteiger partial charge in [-0.1, -0.05) is 26.0 Å². The van der Waals surface area contributed by atoms with Gasteiger partial charge in [0, 0.05) is 19.0 Å². The Morgan fingerprint density at radius 2 is 2.08 bits per heavy atom. The van der Waals surface area contributed by atoms with Crippen molar-refractivity contribution < 1.29 is 4.79 Å². The number of anilines is 1. The minimum absolute atomic E-state index is 0.0507. The molecule has 0 spiro atoms. The molecule has 5 nitrogen and oxygen atoms in total.